The van der Waals surface area contributed by atoms with Crippen molar-refractivity contribution in [3.8, 4) is 5.88 Å². The quantitative estimate of drug-likeness (QED) is 0.774. The Kier molecular flexibility index (Phi) is 3.41. The van der Waals surface area contributed by atoms with Gasteiger partial charge in [0, 0.05) is 12.3 Å². The lowest BCUT2D eigenvalue weighted by molar-refractivity contribution is -0.141. The molecule has 0 saturated heterocycles. The van der Waals surface area contributed by atoms with Gasteiger partial charge in [-0.1, -0.05) is 0 Å². The number of carbonyl (C=O) groups is 1. The number of pyridine rings is 2. The van der Waals surface area contributed by atoms with E-state index in [2.05, 4.69) is 9.97 Å². The van der Waals surface area contributed by atoms with Crippen molar-refractivity contribution >= 4 is 17.0 Å². The summed E-state index contributed by atoms with van der Waals surface area (Å²) in [5, 5.41) is 0. The van der Waals surface area contributed by atoms with Crippen molar-refractivity contribution < 1.29 is 14.3 Å². The first-order valence-corrected chi connectivity index (χ1v) is 5.55. The maximum absolute atomic E-state index is 11.6. The minimum absolute atomic E-state index is 0.299. The minimum atomic E-state index is -0.389. The van der Waals surface area contributed by atoms with E-state index in [0.29, 0.717) is 11.4 Å². The fourth-order valence-electron chi connectivity index (χ4n) is 1.79. The molecular formula is C13H14N2O3. The van der Waals surface area contributed by atoms with Crippen LogP contribution in [0.3, 0.4) is 0 Å². The zero-order valence-corrected chi connectivity index (χ0v) is 10.5. The van der Waals surface area contributed by atoms with Gasteiger partial charge in [0.1, 0.15) is 0 Å². The molecule has 0 aliphatic heterocycles. The molecule has 0 spiro atoms. The zero-order valence-electron chi connectivity index (χ0n) is 10.5. The van der Waals surface area contributed by atoms with Gasteiger partial charge in [-0.15, -0.1) is 0 Å². The first-order chi connectivity index (χ1) is 8.67. The summed E-state index contributed by atoms with van der Waals surface area (Å²) in [5.41, 5.74) is 2.17. The zero-order chi connectivity index (χ0) is 13.1. The number of hydrogen-bond acceptors (Lipinski definition) is 5. The molecule has 18 heavy (non-hydrogen) atoms. The molecule has 0 N–H and O–H groups in total. The number of carbonyl (C=O) groups excluding carboxylic acids is 1. The van der Waals surface area contributed by atoms with Crippen molar-refractivity contribution in [1.82, 2.24) is 9.97 Å². The van der Waals surface area contributed by atoms with Crippen LogP contribution in [0.2, 0.25) is 0 Å². The monoisotopic (exact) mass is 246 g/mol. The Morgan fingerprint density at radius 3 is 2.72 bits per heavy atom. The van der Waals surface area contributed by atoms with Crippen LogP contribution in [0.5, 0.6) is 5.88 Å². The molecule has 1 atom stereocenters. The molecule has 1 unspecified atom stereocenters. The summed E-state index contributed by atoms with van der Waals surface area (Å²) in [6, 6.07) is 5.33. The second-order valence-electron chi connectivity index (χ2n) is 3.87. The Bertz CT molecular complexity index is 583. The molecular weight excluding hydrogens is 232 g/mol. The van der Waals surface area contributed by atoms with E-state index >= 15 is 0 Å². The van der Waals surface area contributed by atoms with Crippen LogP contribution in [0.25, 0.3) is 11.0 Å². The van der Waals surface area contributed by atoms with Gasteiger partial charge in [0.2, 0.25) is 5.88 Å². The van der Waals surface area contributed by atoms with Gasteiger partial charge in [0.05, 0.1) is 31.2 Å². The molecule has 0 aliphatic carbocycles. The van der Waals surface area contributed by atoms with Crippen molar-refractivity contribution in [1.29, 1.82) is 0 Å². The molecule has 2 heterocycles. The van der Waals surface area contributed by atoms with Gasteiger partial charge in [-0.2, -0.15) is 0 Å². The topological polar surface area (TPSA) is 61.3 Å². The molecule has 94 valence electrons. The normalized spacial score (nSPS) is 12.2. The van der Waals surface area contributed by atoms with E-state index in [1.165, 1.54) is 7.11 Å². The molecule has 0 radical (unpaired) electrons. The third kappa shape index (κ3) is 2.11. The van der Waals surface area contributed by atoms with Gasteiger partial charge in [-0.25, -0.2) is 4.98 Å². The van der Waals surface area contributed by atoms with Crippen LogP contribution in [0.4, 0.5) is 0 Å². The van der Waals surface area contributed by atoms with E-state index < -0.39 is 0 Å². The lowest BCUT2D eigenvalue weighted by Gasteiger charge is -2.11. The highest BCUT2D eigenvalue weighted by Crippen LogP contribution is 2.25. The molecule has 0 amide bonds. The molecule has 2 rings (SSSR count). The van der Waals surface area contributed by atoms with Crippen LogP contribution >= 0.6 is 0 Å². The number of nitrogens with zero attached hydrogens (tertiary/aromatic N) is 2. The summed E-state index contributed by atoms with van der Waals surface area (Å²) >= 11 is 0. The fraction of sp³-hybridized carbons (Fsp3) is 0.308. The second kappa shape index (κ2) is 5.00. The molecule has 0 aromatic carbocycles. The van der Waals surface area contributed by atoms with Crippen LogP contribution in [-0.4, -0.2) is 30.2 Å². The number of hydrogen-bond donors (Lipinski definition) is 0. The van der Waals surface area contributed by atoms with Crippen LogP contribution in [0.15, 0.2) is 24.4 Å². The number of aromatic nitrogens is 2. The highest BCUT2D eigenvalue weighted by Gasteiger charge is 2.19. The van der Waals surface area contributed by atoms with Gasteiger partial charge in [-0.05, 0) is 24.6 Å². The Hall–Kier alpha value is -2.17. The predicted octanol–water partition coefficient (Wildman–Crippen LogP) is 1.91. The smallest absolute Gasteiger partial charge is 0.312 e. The van der Waals surface area contributed by atoms with Gasteiger partial charge >= 0.3 is 5.97 Å². The van der Waals surface area contributed by atoms with E-state index in [1.54, 1.807) is 32.4 Å². The third-order valence-electron chi connectivity index (χ3n) is 2.82. The summed E-state index contributed by atoms with van der Waals surface area (Å²) < 4.78 is 9.84. The first kappa shape index (κ1) is 12.3. The number of rotatable bonds is 3. The molecule has 2 aromatic heterocycles. The lowest BCUT2D eigenvalue weighted by Crippen LogP contribution is -2.11. The SMILES string of the molecule is COC(=O)C(C)c1ccnc2ccc(OC)nc12. The average molecular weight is 246 g/mol. The molecule has 0 saturated carbocycles. The summed E-state index contributed by atoms with van der Waals surface area (Å²) in [4.78, 5) is 20.2. The van der Waals surface area contributed by atoms with E-state index in [4.69, 9.17) is 9.47 Å². The second-order valence-corrected chi connectivity index (χ2v) is 3.87. The van der Waals surface area contributed by atoms with Crippen LogP contribution < -0.4 is 4.74 Å². The van der Waals surface area contributed by atoms with Gasteiger partial charge < -0.3 is 9.47 Å². The molecule has 2 aromatic rings. The maximum atomic E-state index is 11.6. The molecule has 0 fully saturated rings. The average Bonchev–Trinajstić information content (AvgIpc) is 2.44. The first-order valence-electron chi connectivity index (χ1n) is 5.55. The van der Waals surface area contributed by atoms with Gasteiger partial charge in [0.25, 0.3) is 0 Å². The van der Waals surface area contributed by atoms with E-state index in [0.717, 1.165) is 11.1 Å². The number of methoxy groups -OCH3 is 2. The largest absolute Gasteiger partial charge is 0.481 e. The number of ether oxygens (including phenoxy) is 2. The van der Waals surface area contributed by atoms with Crippen LogP contribution in [0.1, 0.15) is 18.4 Å². The van der Waals surface area contributed by atoms with Crippen molar-refractivity contribution in [2.75, 3.05) is 14.2 Å². The summed E-state index contributed by atoms with van der Waals surface area (Å²) in [6.07, 6.45) is 1.66. The maximum Gasteiger partial charge on any atom is 0.312 e. The van der Waals surface area contributed by atoms with Crippen LogP contribution in [-0.2, 0) is 9.53 Å². The molecule has 5 heteroatoms. The van der Waals surface area contributed by atoms with Gasteiger partial charge in [0.15, 0.2) is 0 Å². The summed E-state index contributed by atoms with van der Waals surface area (Å²) in [5.74, 6) is -0.193. The van der Waals surface area contributed by atoms with Crippen molar-refractivity contribution in [3.05, 3.63) is 30.0 Å². The van der Waals surface area contributed by atoms with Crippen molar-refractivity contribution in [2.24, 2.45) is 0 Å². The van der Waals surface area contributed by atoms with Crippen molar-refractivity contribution in [2.45, 2.75) is 12.8 Å². The Labute approximate surface area is 105 Å². The highest BCUT2D eigenvalue weighted by atomic mass is 16.5. The molecule has 5 nitrogen and oxygen atoms in total. The predicted molar refractivity (Wildman–Crippen MR) is 66.5 cm³/mol. The standard InChI is InChI=1S/C13H14N2O3/c1-8(13(16)18-3)9-6-7-14-10-4-5-11(17-2)15-12(9)10/h4-8H,1-3H3. The highest BCUT2D eigenvalue weighted by molar-refractivity contribution is 5.86. The summed E-state index contributed by atoms with van der Waals surface area (Å²) in [7, 11) is 2.92. The van der Waals surface area contributed by atoms with Crippen LogP contribution in [0, 0.1) is 0 Å². The number of esters is 1. The number of fused-ring (bicyclic) bond motifs is 1. The molecule has 0 bridgehead atoms. The summed E-state index contributed by atoms with van der Waals surface area (Å²) in [6.45, 7) is 1.78. The Morgan fingerprint density at radius 2 is 2.06 bits per heavy atom. The fourth-order valence-corrected chi connectivity index (χ4v) is 1.79. The van der Waals surface area contributed by atoms with Gasteiger partial charge in [-0.3, -0.25) is 9.78 Å². The Balaban J connectivity index is 2.59. The third-order valence-corrected chi connectivity index (χ3v) is 2.82. The van der Waals surface area contributed by atoms with E-state index in [-0.39, 0.29) is 11.9 Å². The minimum Gasteiger partial charge on any atom is -0.481 e. The lowest BCUT2D eigenvalue weighted by atomic mass is 10.0. The van der Waals surface area contributed by atoms with E-state index in [1.807, 2.05) is 6.07 Å². The molecule has 0 aliphatic rings. The van der Waals surface area contributed by atoms with E-state index in [9.17, 15) is 4.79 Å². The van der Waals surface area contributed by atoms with Crippen molar-refractivity contribution in [3.63, 3.8) is 0 Å². The Morgan fingerprint density at radius 1 is 1.28 bits per heavy atom.